The van der Waals surface area contributed by atoms with Crippen molar-refractivity contribution in [3.05, 3.63) is 23.8 Å². The van der Waals surface area contributed by atoms with Crippen LogP contribution in [0.1, 0.15) is 31.2 Å². The zero-order valence-corrected chi connectivity index (χ0v) is 13.6. The molecule has 2 heterocycles. The van der Waals surface area contributed by atoms with Gasteiger partial charge in [-0.25, -0.2) is 0 Å². The van der Waals surface area contributed by atoms with E-state index in [1.54, 1.807) is 7.11 Å². The van der Waals surface area contributed by atoms with E-state index in [1.165, 1.54) is 24.8 Å². The highest BCUT2D eigenvalue weighted by Gasteiger charge is 2.20. The predicted molar refractivity (Wildman–Crippen MR) is 88.8 cm³/mol. The second-order valence-corrected chi connectivity index (χ2v) is 6.45. The summed E-state index contributed by atoms with van der Waals surface area (Å²) in [5.74, 6) is 2.53. The van der Waals surface area contributed by atoms with Gasteiger partial charge in [-0.3, -0.25) is 0 Å². The van der Waals surface area contributed by atoms with Gasteiger partial charge in [-0.2, -0.15) is 0 Å². The minimum Gasteiger partial charge on any atom is -0.493 e. The van der Waals surface area contributed by atoms with E-state index in [2.05, 4.69) is 22.8 Å². The largest absolute Gasteiger partial charge is 0.493 e. The molecule has 2 saturated heterocycles. The van der Waals surface area contributed by atoms with E-state index in [0.717, 1.165) is 50.5 Å². The zero-order valence-electron chi connectivity index (χ0n) is 13.6. The second-order valence-electron chi connectivity index (χ2n) is 6.45. The van der Waals surface area contributed by atoms with Gasteiger partial charge in [0.05, 0.1) is 7.11 Å². The van der Waals surface area contributed by atoms with Gasteiger partial charge in [0.2, 0.25) is 0 Å². The molecule has 22 heavy (non-hydrogen) atoms. The van der Waals surface area contributed by atoms with Crippen molar-refractivity contribution in [3.63, 3.8) is 0 Å². The maximum absolute atomic E-state index is 6.20. The minimum atomic E-state index is 0.259. The molecule has 2 N–H and O–H groups in total. The lowest BCUT2D eigenvalue weighted by Crippen LogP contribution is -2.37. The molecule has 4 heteroatoms. The summed E-state index contributed by atoms with van der Waals surface area (Å²) in [6.45, 7) is 4.30. The van der Waals surface area contributed by atoms with Crippen LogP contribution in [0.3, 0.4) is 0 Å². The molecule has 4 nitrogen and oxygen atoms in total. The standard InChI is InChI=1S/C18H28N2O2/c1-21-18-15(11-14-5-3-9-19-12-14)6-2-8-17(18)22-16-7-4-10-20-13-16/h2,6,8,14,16,19-20H,3-5,7,9-13H2,1H3. The first-order valence-corrected chi connectivity index (χ1v) is 8.61. The van der Waals surface area contributed by atoms with Crippen molar-refractivity contribution in [3.8, 4) is 11.5 Å². The van der Waals surface area contributed by atoms with Crippen molar-refractivity contribution in [2.75, 3.05) is 33.3 Å². The summed E-state index contributed by atoms with van der Waals surface area (Å²) in [7, 11) is 1.75. The molecule has 122 valence electrons. The van der Waals surface area contributed by atoms with Crippen molar-refractivity contribution in [1.29, 1.82) is 0 Å². The highest BCUT2D eigenvalue weighted by atomic mass is 16.5. The van der Waals surface area contributed by atoms with Crippen molar-refractivity contribution in [1.82, 2.24) is 10.6 Å². The Kier molecular flexibility index (Phi) is 5.57. The number of hydrogen-bond acceptors (Lipinski definition) is 4. The molecule has 2 aliphatic heterocycles. The van der Waals surface area contributed by atoms with Gasteiger partial charge >= 0.3 is 0 Å². The topological polar surface area (TPSA) is 42.5 Å². The second kappa shape index (κ2) is 7.84. The van der Waals surface area contributed by atoms with Gasteiger partial charge in [0.1, 0.15) is 6.10 Å². The molecule has 0 amide bonds. The first kappa shape index (κ1) is 15.6. The number of rotatable bonds is 5. The van der Waals surface area contributed by atoms with E-state index in [0.29, 0.717) is 5.92 Å². The third kappa shape index (κ3) is 3.93. The fraction of sp³-hybridized carbons (Fsp3) is 0.667. The lowest BCUT2D eigenvalue weighted by atomic mass is 9.92. The summed E-state index contributed by atoms with van der Waals surface area (Å²) in [6, 6.07) is 6.31. The predicted octanol–water partition coefficient (Wildman–Crippen LogP) is 2.37. The Morgan fingerprint density at radius 1 is 1.09 bits per heavy atom. The average molecular weight is 304 g/mol. The Labute approximate surface area is 133 Å². The molecule has 2 unspecified atom stereocenters. The first-order chi connectivity index (χ1) is 10.9. The maximum atomic E-state index is 6.20. The van der Waals surface area contributed by atoms with Gasteiger partial charge in [-0.1, -0.05) is 12.1 Å². The van der Waals surface area contributed by atoms with Crippen molar-refractivity contribution in [2.45, 2.75) is 38.2 Å². The molecular formula is C18H28N2O2. The maximum Gasteiger partial charge on any atom is 0.163 e. The first-order valence-electron chi connectivity index (χ1n) is 8.61. The van der Waals surface area contributed by atoms with Crippen LogP contribution in [0, 0.1) is 5.92 Å². The van der Waals surface area contributed by atoms with E-state index in [-0.39, 0.29) is 6.10 Å². The van der Waals surface area contributed by atoms with Crippen LogP contribution in [-0.2, 0) is 6.42 Å². The summed E-state index contributed by atoms with van der Waals surface area (Å²) < 4.78 is 11.9. The van der Waals surface area contributed by atoms with Crippen LogP contribution in [0.25, 0.3) is 0 Å². The smallest absolute Gasteiger partial charge is 0.163 e. The molecule has 0 aromatic heterocycles. The van der Waals surface area contributed by atoms with Crippen LogP contribution in [-0.4, -0.2) is 39.4 Å². The summed E-state index contributed by atoms with van der Waals surface area (Å²) in [6.07, 6.45) is 6.20. The molecule has 1 aromatic rings. The number of nitrogens with one attached hydrogen (secondary N) is 2. The molecule has 0 saturated carbocycles. The van der Waals surface area contributed by atoms with Crippen LogP contribution >= 0.6 is 0 Å². The fourth-order valence-corrected chi connectivity index (χ4v) is 3.56. The third-order valence-electron chi connectivity index (χ3n) is 4.72. The van der Waals surface area contributed by atoms with E-state index in [9.17, 15) is 0 Å². The quantitative estimate of drug-likeness (QED) is 0.876. The van der Waals surface area contributed by atoms with Crippen molar-refractivity contribution < 1.29 is 9.47 Å². The molecule has 3 rings (SSSR count). The minimum absolute atomic E-state index is 0.259. The number of methoxy groups -OCH3 is 1. The third-order valence-corrected chi connectivity index (χ3v) is 4.72. The van der Waals surface area contributed by atoms with Gasteiger partial charge < -0.3 is 20.1 Å². The van der Waals surface area contributed by atoms with Gasteiger partial charge in [0.15, 0.2) is 11.5 Å². The Hall–Kier alpha value is -1.26. The monoisotopic (exact) mass is 304 g/mol. The average Bonchev–Trinajstić information content (AvgIpc) is 2.57. The molecule has 2 fully saturated rings. The molecule has 0 bridgehead atoms. The summed E-state index contributed by atoms with van der Waals surface area (Å²) >= 11 is 0. The molecule has 1 aromatic carbocycles. The van der Waals surface area contributed by atoms with Crippen LogP contribution in [0.5, 0.6) is 11.5 Å². The van der Waals surface area contributed by atoms with Gasteiger partial charge in [0.25, 0.3) is 0 Å². The summed E-state index contributed by atoms with van der Waals surface area (Å²) in [4.78, 5) is 0. The van der Waals surface area contributed by atoms with Crippen LogP contribution in [0.15, 0.2) is 18.2 Å². The Morgan fingerprint density at radius 3 is 2.59 bits per heavy atom. The fourth-order valence-electron chi connectivity index (χ4n) is 3.56. The molecule has 0 radical (unpaired) electrons. The number of ether oxygens (including phenoxy) is 2. The number of piperidine rings is 2. The number of benzene rings is 1. The van der Waals surface area contributed by atoms with E-state index in [4.69, 9.17) is 9.47 Å². The number of para-hydroxylation sites is 1. The van der Waals surface area contributed by atoms with Crippen LogP contribution < -0.4 is 20.1 Å². The Balaban J connectivity index is 1.71. The van der Waals surface area contributed by atoms with Crippen LogP contribution in [0.4, 0.5) is 0 Å². The van der Waals surface area contributed by atoms with Crippen LogP contribution in [0.2, 0.25) is 0 Å². The Morgan fingerprint density at radius 2 is 1.91 bits per heavy atom. The normalized spacial score (nSPS) is 25.7. The summed E-state index contributed by atoms with van der Waals surface area (Å²) in [5.41, 5.74) is 1.28. The van der Waals surface area contributed by atoms with Crippen molar-refractivity contribution in [2.24, 2.45) is 5.92 Å². The SMILES string of the molecule is COc1c(CC2CCCNC2)cccc1OC1CCCNC1. The van der Waals surface area contributed by atoms with E-state index in [1.807, 2.05) is 6.07 Å². The highest BCUT2D eigenvalue weighted by molar-refractivity contribution is 5.47. The number of hydrogen-bond donors (Lipinski definition) is 2. The lowest BCUT2D eigenvalue weighted by molar-refractivity contribution is 0.160. The summed E-state index contributed by atoms with van der Waals surface area (Å²) in [5, 5.41) is 6.89. The van der Waals surface area contributed by atoms with Gasteiger partial charge in [0, 0.05) is 6.54 Å². The van der Waals surface area contributed by atoms with Gasteiger partial charge in [-0.15, -0.1) is 0 Å². The van der Waals surface area contributed by atoms with Gasteiger partial charge in [-0.05, 0) is 69.3 Å². The molecular weight excluding hydrogens is 276 g/mol. The lowest BCUT2D eigenvalue weighted by Gasteiger charge is -2.26. The highest BCUT2D eigenvalue weighted by Crippen LogP contribution is 2.34. The molecule has 2 atom stereocenters. The molecule has 0 aliphatic carbocycles. The Bertz CT molecular complexity index is 428. The molecule has 0 spiro atoms. The van der Waals surface area contributed by atoms with Crippen molar-refractivity contribution >= 4 is 0 Å². The molecule has 2 aliphatic rings. The zero-order chi connectivity index (χ0) is 15.2. The van der Waals surface area contributed by atoms with E-state index < -0.39 is 0 Å². The van der Waals surface area contributed by atoms with E-state index >= 15 is 0 Å².